The first kappa shape index (κ1) is 13.2. The summed E-state index contributed by atoms with van der Waals surface area (Å²) in [5, 5.41) is 14.2. The lowest BCUT2D eigenvalue weighted by Gasteiger charge is -2.23. The molecular formula is C13H17Cl2NO. The Morgan fingerprint density at radius 3 is 2.35 bits per heavy atom. The van der Waals surface area contributed by atoms with Gasteiger partial charge in [-0.15, -0.1) is 0 Å². The summed E-state index contributed by atoms with van der Waals surface area (Å²) in [6, 6.07) is 5.74. The van der Waals surface area contributed by atoms with E-state index in [1.54, 1.807) is 0 Å². The number of rotatable bonds is 4. The van der Waals surface area contributed by atoms with Gasteiger partial charge in [-0.25, -0.2) is 0 Å². The largest absolute Gasteiger partial charge is 0.394 e. The molecule has 1 saturated carbocycles. The molecule has 2 rings (SSSR count). The number of nitrogens with one attached hydrogen (secondary N) is 1. The molecule has 1 aliphatic rings. The van der Waals surface area contributed by atoms with Crippen LogP contribution in [0.3, 0.4) is 0 Å². The SMILES string of the molecule is OCC(NC1CCCC1)c1c(Cl)cccc1Cl. The van der Waals surface area contributed by atoms with E-state index in [2.05, 4.69) is 5.32 Å². The topological polar surface area (TPSA) is 32.3 Å². The van der Waals surface area contributed by atoms with Crippen molar-refractivity contribution in [3.63, 3.8) is 0 Å². The number of aliphatic hydroxyl groups is 1. The van der Waals surface area contributed by atoms with Crippen molar-refractivity contribution in [1.29, 1.82) is 0 Å². The molecule has 1 aliphatic carbocycles. The molecule has 1 unspecified atom stereocenters. The minimum absolute atomic E-state index is 0.0138. The maximum Gasteiger partial charge on any atom is 0.0627 e. The highest BCUT2D eigenvalue weighted by Crippen LogP contribution is 2.31. The van der Waals surface area contributed by atoms with Gasteiger partial charge in [0.25, 0.3) is 0 Å². The van der Waals surface area contributed by atoms with Crippen LogP contribution in [-0.4, -0.2) is 17.8 Å². The summed E-state index contributed by atoms with van der Waals surface area (Å²) in [6.45, 7) is 0.0138. The van der Waals surface area contributed by atoms with Crippen molar-refractivity contribution in [2.75, 3.05) is 6.61 Å². The molecule has 1 aromatic carbocycles. The van der Waals surface area contributed by atoms with Crippen molar-refractivity contribution in [3.05, 3.63) is 33.8 Å². The predicted octanol–water partition coefficient (Wildman–Crippen LogP) is 3.56. The summed E-state index contributed by atoms with van der Waals surface area (Å²) in [6.07, 6.45) is 4.84. The molecule has 94 valence electrons. The fourth-order valence-electron chi connectivity index (χ4n) is 2.45. The number of benzene rings is 1. The van der Waals surface area contributed by atoms with E-state index in [-0.39, 0.29) is 12.6 Å². The molecule has 0 radical (unpaired) electrons. The van der Waals surface area contributed by atoms with Crippen LogP contribution in [0.2, 0.25) is 10.0 Å². The predicted molar refractivity (Wildman–Crippen MR) is 71.7 cm³/mol. The van der Waals surface area contributed by atoms with Crippen LogP contribution in [0.15, 0.2) is 18.2 Å². The Balaban J connectivity index is 2.16. The summed E-state index contributed by atoms with van der Waals surface area (Å²) in [5.41, 5.74) is 0.810. The molecular weight excluding hydrogens is 257 g/mol. The van der Waals surface area contributed by atoms with Crippen molar-refractivity contribution in [2.45, 2.75) is 37.8 Å². The van der Waals surface area contributed by atoms with Crippen molar-refractivity contribution in [1.82, 2.24) is 5.32 Å². The first-order valence-corrected chi connectivity index (χ1v) is 6.78. The molecule has 0 saturated heterocycles. The van der Waals surface area contributed by atoms with Crippen LogP contribution in [-0.2, 0) is 0 Å². The first-order chi connectivity index (χ1) is 8.22. The van der Waals surface area contributed by atoms with Gasteiger partial charge in [0.05, 0.1) is 12.6 Å². The summed E-state index contributed by atoms with van der Waals surface area (Å²) in [7, 11) is 0. The van der Waals surface area contributed by atoms with E-state index in [4.69, 9.17) is 23.2 Å². The molecule has 1 aromatic rings. The second-order valence-electron chi connectivity index (χ2n) is 4.52. The van der Waals surface area contributed by atoms with E-state index in [0.29, 0.717) is 16.1 Å². The van der Waals surface area contributed by atoms with Gasteiger partial charge in [0.2, 0.25) is 0 Å². The van der Waals surface area contributed by atoms with E-state index in [9.17, 15) is 5.11 Å². The van der Waals surface area contributed by atoms with Crippen molar-refractivity contribution in [3.8, 4) is 0 Å². The average molecular weight is 274 g/mol. The van der Waals surface area contributed by atoms with Gasteiger partial charge in [-0.3, -0.25) is 0 Å². The Morgan fingerprint density at radius 1 is 1.24 bits per heavy atom. The summed E-state index contributed by atoms with van der Waals surface area (Å²) >= 11 is 12.3. The van der Waals surface area contributed by atoms with Crippen LogP contribution < -0.4 is 5.32 Å². The quantitative estimate of drug-likeness (QED) is 0.879. The fourth-order valence-corrected chi connectivity index (χ4v) is 3.11. The van der Waals surface area contributed by atoms with Crippen LogP contribution in [0.5, 0.6) is 0 Å². The Hall–Kier alpha value is -0.280. The normalized spacial score (nSPS) is 18.5. The molecule has 0 heterocycles. The average Bonchev–Trinajstić information content (AvgIpc) is 2.80. The van der Waals surface area contributed by atoms with Gasteiger partial charge in [0.15, 0.2) is 0 Å². The van der Waals surface area contributed by atoms with Crippen LogP contribution in [0, 0.1) is 0 Å². The molecule has 1 atom stereocenters. The molecule has 0 bridgehead atoms. The summed E-state index contributed by atoms with van der Waals surface area (Å²) < 4.78 is 0. The second kappa shape index (κ2) is 6.05. The molecule has 17 heavy (non-hydrogen) atoms. The van der Waals surface area contributed by atoms with Gasteiger partial charge < -0.3 is 10.4 Å². The number of hydrogen-bond donors (Lipinski definition) is 2. The molecule has 2 N–H and O–H groups in total. The highest BCUT2D eigenvalue weighted by atomic mass is 35.5. The standard InChI is InChI=1S/C13H17Cl2NO/c14-10-6-3-7-11(15)13(10)12(8-17)16-9-4-1-2-5-9/h3,6-7,9,12,16-17H,1-2,4-5,8H2. The highest BCUT2D eigenvalue weighted by Gasteiger charge is 2.22. The van der Waals surface area contributed by atoms with Crippen LogP contribution >= 0.6 is 23.2 Å². The van der Waals surface area contributed by atoms with Crippen molar-refractivity contribution >= 4 is 23.2 Å². The van der Waals surface area contributed by atoms with Gasteiger partial charge in [0.1, 0.15) is 0 Å². The third kappa shape index (κ3) is 3.14. The van der Waals surface area contributed by atoms with Crippen molar-refractivity contribution in [2.24, 2.45) is 0 Å². The molecule has 0 aliphatic heterocycles. The zero-order valence-corrected chi connectivity index (χ0v) is 11.1. The lowest BCUT2D eigenvalue weighted by Crippen LogP contribution is -2.33. The Labute approximate surface area is 112 Å². The molecule has 0 amide bonds. The number of aliphatic hydroxyl groups excluding tert-OH is 1. The van der Waals surface area contributed by atoms with E-state index in [0.717, 1.165) is 5.56 Å². The van der Waals surface area contributed by atoms with Gasteiger partial charge in [-0.2, -0.15) is 0 Å². The third-order valence-electron chi connectivity index (χ3n) is 3.32. The number of halogens is 2. The molecule has 2 nitrogen and oxygen atoms in total. The van der Waals surface area contributed by atoms with E-state index < -0.39 is 0 Å². The van der Waals surface area contributed by atoms with E-state index in [1.807, 2.05) is 18.2 Å². The highest BCUT2D eigenvalue weighted by molar-refractivity contribution is 6.36. The van der Waals surface area contributed by atoms with Gasteiger partial charge in [-0.1, -0.05) is 42.1 Å². The Bertz CT molecular complexity index is 357. The van der Waals surface area contributed by atoms with Gasteiger partial charge >= 0.3 is 0 Å². The minimum Gasteiger partial charge on any atom is -0.394 e. The second-order valence-corrected chi connectivity index (χ2v) is 5.33. The van der Waals surface area contributed by atoms with Crippen LogP contribution in [0.25, 0.3) is 0 Å². The van der Waals surface area contributed by atoms with Gasteiger partial charge in [-0.05, 0) is 25.0 Å². The smallest absolute Gasteiger partial charge is 0.0627 e. The lowest BCUT2D eigenvalue weighted by atomic mass is 10.1. The molecule has 1 fully saturated rings. The maximum atomic E-state index is 9.51. The maximum absolute atomic E-state index is 9.51. The zero-order valence-electron chi connectivity index (χ0n) is 9.63. The summed E-state index contributed by atoms with van der Waals surface area (Å²) in [4.78, 5) is 0. The van der Waals surface area contributed by atoms with Gasteiger partial charge in [0, 0.05) is 21.7 Å². The summed E-state index contributed by atoms with van der Waals surface area (Å²) in [5.74, 6) is 0. The zero-order chi connectivity index (χ0) is 12.3. The van der Waals surface area contributed by atoms with E-state index in [1.165, 1.54) is 25.7 Å². The molecule has 0 aromatic heterocycles. The lowest BCUT2D eigenvalue weighted by molar-refractivity contribution is 0.233. The molecule has 4 heteroatoms. The monoisotopic (exact) mass is 273 g/mol. The first-order valence-electron chi connectivity index (χ1n) is 6.03. The van der Waals surface area contributed by atoms with E-state index >= 15 is 0 Å². The Kier molecular flexibility index (Phi) is 4.69. The fraction of sp³-hybridized carbons (Fsp3) is 0.538. The minimum atomic E-state index is -0.167. The number of hydrogen-bond acceptors (Lipinski definition) is 2. The third-order valence-corrected chi connectivity index (χ3v) is 3.98. The Morgan fingerprint density at radius 2 is 1.82 bits per heavy atom. The van der Waals surface area contributed by atoms with Crippen molar-refractivity contribution < 1.29 is 5.11 Å². The van der Waals surface area contributed by atoms with Crippen LogP contribution in [0.1, 0.15) is 37.3 Å². The van der Waals surface area contributed by atoms with Crippen LogP contribution in [0.4, 0.5) is 0 Å². The molecule has 0 spiro atoms.